The van der Waals surface area contributed by atoms with Crippen LogP contribution < -0.4 is 14.8 Å². The lowest BCUT2D eigenvalue weighted by Gasteiger charge is -2.08. The van der Waals surface area contributed by atoms with Crippen molar-refractivity contribution in [2.75, 3.05) is 13.7 Å². The number of amides is 2. The molecule has 2 rings (SSSR count). The molecule has 0 unspecified atom stereocenters. The molecule has 7 nitrogen and oxygen atoms in total. The molecule has 0 bridgehead atoms. The van der Waals surface area contributed by atoms with Gasteiger partial charge in [0.2, 0.25) is 0 Å². The lowest BCUT2D eigenvalue weighted by molar-refractivity contribution is -0.147. The molecular weight excluding hydrogens is 395 g/mol. The maximum absolute atomic E-state index is 13.6. The quantitative estimate of drug-likeness (QED) is 0.672. The second-order valence-corrected chi connectivity index (χ2v) is 5.59. The van der Waals surface area contributed by atoms with Crippen molar-refractivity contribution < 1.29 is 41.8 Å². The summed E-state index contributed by atoms with van der Waals surface area (Å²) in [6.07, 6.45) is -0.284. The highest BCUT2D eigenvalue weighted by atomic mass is 19.3. The van der Waals surface area contributed by atoms with E-state index in [4.69, 9.17) is 9.47 Å². The highest BCUT2D eigenvalue weighted by molar-refractivity contribution is 6.05. The second-order valence-electron chi connectivity index (χ2n) is 5.59. The van der Waals surface area contributed by atoms with Gasteiger partial charge in [0.15, 0.2) is 18.2 Å². The Kier molecular flexibility index (Phi) is 7.58. The third-order valence-corrected chi connectivity index (χ3v) is 3.52. The standard InChI is InChI=1S/C19H16F3NO6/c1-27-15-7-2-11(8-14(15)20)9-17(25)28-10-16(24)23-18(26)12-3-5-13(6-4-12)29-19(21)22/h2-8,19H,9-10H2,1H3,(H,23,24,26). The Bertz CT molecular complexity index is 886. The first kappa shape index (κ1) is 21.7. The molecule has 1 N–H and O–H groups in total. The Balaban J connectivity index is 1.80. The average molecular weight is 411 g/mol. The van der Waals surface area contributed by atoms with E-state index in [0.717, 1.165) is 18.2 Å². The third kappa shape index (κ3) is 6.83. The number of nitrogens with one attached hydrogen (secondary N) is 1. The largest absolute Gasteiger partial charge is 0.494 e. The summed E-state index contributed by atoms with van der Waals surface area (Å²) in [6, 6.07) is 8.56. The molecule has 10 heteroatoms. The maximum atomic E-state index is 13.6. The van der Waals surface area contributed by atoms with Gasteiger partial charge in [-0.2, -0.15) is 8.78 Å². The van der Waals surface area contributed by atoms with Gasteiger partial charge in [0, 0.05) is 5.56 Å². The number of rotatable bonds is 8. The molecule has 0 spiro atoms. The van der Waals surface area contributed by atoms with Crippen LogP contribution in [0.2, 0.25) is 0 Å². The van der Waals surface area contributed by atoms with Crippen LogP contribution in [0.4, 0.5) is 13.2 Å². The monoisotopic (exact) mass is 411 g/mol. The number of methoxy groups -OCH3 is 1. The van der Waals surface area contributed by atoms with Crippen molar-refractivity contribution in [2.24, 2.45) is 0 Å². The number of hydrogen-bond acceptors (Lipinski definition) is 6. The van der Waals surface area contributed by atoms with Crippen LogP contribution in [0.15, 0.2) is 42.5 Å². The lowest BCUT2D eigenvalue weighted by atomic mass is 10.1. The number of alkyl halides is 2. The van der Waals surface area contributed by atoms with Crippen LogP contribution in [0.3, 0.4) is 0 Å². The normalized spacial score (nSPS) is 10.4. The molecule has 2 amide bonds. The summed E-state index contributed by atoms with van der Waals surface area (Å²) in [4.78, 5) is 35.4. The predicted octanol–water partition coefficient (Wildman–Crippen LogP) is 2.48. The number of imide groups is 1. The second kappa shape index (κ2) is 10.1. The summed E-state index contributed by atoms with van der Waals surface area (Å²) in [5, 5.41) is 1.98. The van der Waals surface area contributed by atoms with Crippen molar-refractivity contribution >= 4 is 17.8 Å². The first-order chi connectivity index (χ1) is 13.8. The molecule has 0 saturated heterocycles. The minimum Gasteiger partial charge on any atom is -0.494 e. The fourth-order valence-electron chi connectivity index (χ4n) is 2.21. The Morgan fingerprint density at radius 2 is 1.76 bits per heavy atom. The van der Waals surface area contributed by atoms with Crippen LogP contribution >= 0.6 is 0 Å². The molecule has 0 saturated carbocycles. The molecule has 0 atom stereocenters. The highest BCUT2D eigenvalue weighted by Crippen LogP contribution is 2.18. The molecule has 0 aromatic heterocycles. The van der Waals surface area contributed by atoms with Crippen LogP contribution in [-0.2, 0) is 20.7 Å². The van der Waals surface area contributed by atoms with E-state index in [1.165, 1.54) is 31.4 Å². The molecule has 154 valence electrons. The number of ether oxygens (including phenoxy) is 3. The summed E-state index contributed by atoms with van der Waals surface area (Å²) >= 11 is 0. The first-order valence-electron chi connectivity index (χ1n) is 8.15. The van der Waals surface area contributed by atoms with E-state index in [2.05, 4.69) is 4.74 Å². The molecule has 0 radical (unpaired) electrons. The zero-order valence-corrected chi connectivity index (χ0v) is 15.1. The van der Waals surface area contributed by atoms with Gasteiger partial charge in [-0.3, -0.25) is 19.7 Å². The number of halogens is 3. The van der Waals surface area contributed by atoms with Crippen LogP contribution in [0, 0.1) is 5.82 Å². The Labute approximate surface area is 163 Å². The van der Waals surface area contributed by atoms with E-state index in [-0.39, 0.29) is 23.5 Å². The van der Waals surface area contributed by atoms with Crippen LogP contribution in [0.5, 0.6) is 11.5 Å². The van der Waals surface area contributed by atoms with Crippen LogP contribution in [0.25, 0.3) is 0 Å². The molecule has 0 aliphatic rings. The zero-order chi connectivity index (χ0) is 21.4. The lowest BCUT2D eigenvalue weighted by Crippen LogP contribution is -2.34. The fourth-order valence-corrected chi connectivity index (χ4v) is 2.21. The van der Waals surface area contributed by atoms with Crippen molar-refractivity contribution in [3.63, 3.8) is 0 Å². The Morgan fingerprint density at radius 3 is 2.34 bits per heavy atom. The number of hydrogen-bond donors (Lipinski definition) is 1. The maximum Gasteiger partial charge on any atom is 0.387 e. The van der Waals surface area contributed by atoms with Gasteiger partial charge in [-0.05, 0) is 42.0 Å². The molecular formula is C19H16F3NO6. The van der Waals surface area contributed by atoms with E-state index in [9.17, 15) is 27.6 Å². The Hall–Kier alpha value is -3.56. The zero-order valence-electron chi connectivity index (χ0n) is 15.1. The van der Waals surface area contributed by atoms with E-state index in [1.807, 2.05) is 5.32 Å². The first-order valence-corrected chi connectivity index (χ1v) is 8.15. The van der Waals surface area contributed by atoms with Gasteiger partial charge in [0.05, 0.1) is 13.5 Å². The van der Waals surface area contributed by atoms with Gasteiger partial charge in [-0.15, -0.1) is 0 Å². The van der Waals surface area contributed by atoms with Crippen molar-refractivity contribution in [3.8, 4) is 11.5 Å². The molecule has 0 heterocycles. The van der Waals surface area contributed by atoms with E-state index in [0.29, 0.717) is 5.56 Å². The number of esters is 1. The topological polar surface area (TPSA) is 90.9 Å². The molecule has 0 aliphatic carbocycles. The van der Waals surface area contributed by atoms with Gasteiger partial charge < -0.3 is 14.2 Å². The van der Waals surface area contributed by atoms with E-state index in [1.54, 1.807) is 0 Å². The molecule has 29 heavy (non-hydrogen) atoms. The SMILES string of the molecule is COc1ccc(CC(=O)OCC(=O)NC(=O)c2ccc(OC(F)F)cc2)cc1F. The number of carbonyl (C=O) groups excluding carboxylic acids is 3. The highest BCUT2D eigenvalue weighted by Gasteiger charge is 2.14. The summed E-state index contributed by atoms with van der Waals surface area (Å²) < 4.78 is 51.4. The van der Waals surface area contributed by atoms with Gasteiger partial charge in [0.1, 0.15) is 5.75 Å². The fraction of sp³-hybridized carbons (Fsp3) is 0.211. The average Bonchev–Trinajstić information content (AvgIpc) is 2.66. The van der Waals surface area contributed by atoms with Gasteiger partial charge in [-0.1, -0.05) is 6.07 Å². The van der Waals surface area contributed by atoms with E-state index < -0.39 is 36.8 Å². The van der Waals surface area contributed by atoms with Gasteiger partial charge in [0.25, 0.3) is 11.8 Å². The summed E-state index contributed by atoms with van der Waals surface area (Å²) in [6.45, 7) is -3.73. The number of carbonyl (C=O) groups is 3. The molecule has 0 aliphatic heterocycles. The van der Waals surface area contributed by atoms with E-state index >= 15 is 0 Å². The van der Waals surface area contributed by atoms with Crippen LogP contribution in [0.1, 0.15) is 15.9 Å². The summed E-state index contributed by atoms with van der Waals surface area (Å²) in [7, 11) is 1.30. The Morgan fingerprint density at radius 1 is 1.07 bits per heavy atom. The van der Waals surface area contributed by atoms with Crippen molar-refractivity contribution in [1.29, 1.82) is 0 Å². The summed E-state index contributed by atoms with van der Waals surface area (Å²) in [5.74, 6) is -3.28. The molecule has 2 aromatic rings. The van der Waals surface area contributed by atoms with Crippen molar-refractivity contribution in [3.05, 3.63) is 59.4 Å². The molecule has 0 fully saturated rings. The van der Waals surface area contributed by atoms with Gasteiger partial charge >= 0.3 is 12.6 Å². The predicted molar refractivity (Wildman–Crippen MR) is 93.2 cm³/mol. The molecule has 2 aromatic carbocycles. The van der Waals surface area contributed by atoms with Gasteiger partial charge in [-0.25, -0.2) is 4.39 Å². The minimum absolute atomic E-state index is 0.0139. The minimum atomic E-state index is -3.00. The summed E-state index contributed by atoms with van der Waals surface area (Å²) in [5.41, 5.74) is 0.330. The van der Waals surface area contributed by atoms with Crippen molar-refractivity contribution in [1.82, 2.24) is 5.32 Å². The number of benzene rings is 2. The smallest absolute Gasteiger partial charge is 0.387 e. The van der Waals surface area contributed by atoms with Crippen molar-refractivity contribution in [2.45, 2.75) is 13.0 Å². The third-order valence-electron chi connectivity index (χ3n) is 3.52. The van der Waals surface area contributed by atoms with Crippen LogP contribution in [-0.4, -0.2) is 38.1 Å².